The van der Waals surface area contributed by atoms with Crippen molar-refractivity contribution in [1.29, 1.82) is 0 Å². The second-order valence-corrected chi connectivity index (χ2v) is 4.65. The van der Waals surface area contributed by atoms with E-state index in [4.69, 9.17) is 4.74 Å². The van der Waals surface area contributed by atoms with Crippen LogP contribution in [0, 0.1) is 0 Å². The van der Waals surface area contributed by atoms with Crippen LogP contribution in [0.25, 0.3) is 0 Å². The number of carbonyl (C=O) groups is 1. The van der Waals surface area contributed by atoms with E-state index in [9.17, 15) is 13.6 Å². The molecule has 1 amide bonds. The number of fused-ring (bicyclic) bond motifs is 1. The maximum absolute atomic E-state index is 12.4. The summed E-state index contributed by atoms with van der Waals surface area (Å²) < 4.78 is 30.6. The van der Waals surface area contributed by atoms with Gasteiger partial charge in [-0.2, -0.15) is 0 Å². The minimum atomic E-state index is -2.59. The Kier molecular flexibility index (Phi) is 3.33. The summed E-state index contributed by atoms with van der Waals surface area (Å²) in [6.07, 6.45) is -3.75. The molecule has 1 aliphatic rings. The van der Waals surface area contributed by atoms with Crippen LogP contribution in [0.1, 0.15) is 18.6 Å². The summed E-state index contributed by atoms with van der Waals surface area (Å²) in [5.74, 6) is 0. The summed E-state index contributed by atoms with van der Waals surface area (Å²) in [7, 11) is 0. The van der Waals surface area contributed by atoms with Crippen LogP contribution in [-0.2, 0) is 4.74 Å². The predicted octanol–water partition coefficient (Wildman–Crippen LogP) is 3.73. The minimum absolute atomic E-state index is 0.427. The summed E-state index contributed by atoms with van der Waals surface area (Å²) in [6, 6.07) is 5.12. The van der Waals surface area contributed by atoms with Crippen LogP contribution in [-0.4, -0.2) is 19.1 Å². The van der Waals surface area contributed by atoms with Crippen LogP contribution >= 0.6 is 15.9 Å². The monoisotopic (exact) mass is 305 g/mol. The van der Waals surface area contributed by atoms with E-state index in [-0.39, 0.29) is 0 Å². The van der Waals surface area contributed by atoms with E-state index < -0.39 is 25.2 Å². The highest BCUT2D eigenvalue weighted by Gasteiger charge is 2.31. The number of halogens is 3. The fraction of sp³-hybridized carbons (Fsp3) is 0.364. The maximum atomic E-state index is 12.4. The molecule has 0 fully saturated rings. The van der Waals surface area contributed by atoms with Crippen LogP contribution in [0.4, 0.5) is 19.3 Å². The van der Waals surface area contributed by atoms with E-state index in [2.05, 4.69) is 15.9 Å². The Hall–Kier alpha value is -1.17. The van der Waals surface area contributed by atoms with Gasteiger partial charge < -0.3 is 4.74 Å². The standard InChI is InChI=1S/C11H10BrF2NO2/c1-6-8-4-7(12)2-3-9(8)15(5-10(13)14)11(16)17-6/h2-4,6,10H,5H2,1H3. The van der Waals surface area contributed by atoms with Crippen molar-refractivity contribution in [3.63, 3.8) is 0 Å². The number of hydrogen-bond donors (Lipinski definition) is 0. The number of carbonyl (C=O) groups excluding carboxylic acids is 1. The molecule has 1 atom stereocenters. The summed E-state index contributed by atoms with van der Waals surface area (Å²) in [4.78, 5) is 12.5. The smallest absolute Gasteiger partial charge is 0.415 e. The lowest BCUT2D eigenvalue weighted by molar-refractivity contribution is 0.0972. The van der Waals surface area contributed by atoms with Crippen LogP contribution < -0.4 is 4.90 Å². The van der Waals surface area contributed by atoms with E-state index in [1.165, 1.54) is 0 Å². The average Bonchev–Trinajstić information content (AvgIpc) is 2.24. The molecule has 6 heteroatoms. The minimum Gasteiger partial charge on any atom is -0.441 e. The van der Waals surface area contributed by atoms with Crippen LogP contribution in [0.2, 0.25) is 0 Å². The molecule has 1 aliphatic heterocycles. The van der Waals surface area contributed by atoms with Gasteiger partial charge in [0.25, 0.3) is 6.43 Å². The normalized spacial score (nSPS) is 19.2. The molecule has 1 aromatic rings. The number of nitrogens with zero attached hydrogens (tertiary/aromatic N) is 1. The largest absolute Gasteiger partial charge is 0.441 e. The number of amides is 1. The maximum Gasteiger partial charge on any atom is 0.415 e. The molecular formula is C11H10BrF2NO2. The average molecular weight is 306 g/mol. The van der Waals surface area contributed by atoms with E-state index >= 15 is 0 Å². The van der Waals surface area contributed by atoms with Gasteiger partial charge in [0, 0.05) is 10.0 Å². The van der Waals surface area contributed by atoms with E-state index in [1.54, 1.807) is 25.1 Å². The molecule has 0 bridgehead atoms. The van der Waals surface area contributed by atoms with Crippen molar-refractivity contribution >= 4 is 27.7 Å². The molecule has 0 radical (unpaired) electrons. The fourth-order valence-electron chi connectivity index (χ4n) is 1.78. The molecule has 17 heavy (non-hydrogen) atoms. The Morgan fingerprint density at radius 2 is 2.24 bits per heavy atom. The van der Waals surface area contributed by atoms with Crippen molar-refractivity contribution in [1.82, 2.24) is 0 Å². The van der Waals surface area contributed by atoms with Crippen molar-refractivity contribution < 1.29 is 18.3 Å². The van der Waals surface area contributed by atoms with Crippen LogP contribution in [0.15, 0.2) is 22.7 Å². The highest BCUT2D eigenvalue weighted by atomic mass is 79.9. The summed E-state index contributed by atoms with van der Waals surface area (Å²) in [5.41, 5.74) is 1.21. The van der Waals surface area contributed by atoms with Gasteiger partial charge in [0.2, 0.25) is 0 Å². The molecule has 0 aromatic heterocycles. The summed E-state index contributed by atoms with van der Waals surface area (Å²) in [5, 5.41) is 0. The molecule has 1 aromatic carbocycles. The van der Waals surface area contributed by atoms with Gasteiger partial charge in [-0.25, -0.2) is 13.6 Å². The zero-order chi connectivity index (χ0) is 12.6. The Balaban J connectivity index is 2.43. The Morgan fingerprint density at radius 1 is 1.53 bits per heavy atom. The zero-order valence-corrected chi connectivity index (χ0v) is 10.6. The molecule has 3 nitrogen and oxygen atoms in total. The molecule has 0 saturated heterocycles. The van der Waals surface area contributed by atoms with Gasteiger partial charge in [0.15, 0.2) is 0 Å². The fourth-order valence-corrected chi connectivity index (χ4v) is 2.16. The van der Waals surface area contributed by atoms with Crippen molar-refractivity contribution in [3.05, 3.63) is 28.2 Å². The van der Waals surface area contributed by atoms with Crippen LogP contribution in [0.3, 0.4) is 0 Å². The van der Waals surface area contributed by atoms with E-state index in [0.717, 1.165) is 14.9 Å². The van der Waals surface area contributed by atoms with Gasteiger partial charge in [0.05, 0.1) is 12.2 Å². The Morgan fingerprint density at radius 3 is 2.88 bits per heavy atom. The predicted molar refractivity (Wildman–Crippen MR) is 62.4 cm³/mol. The zero-order valence-electron chi connectivity index (χ0n) is 8.99. The first-order chi connectivity index (χ1) is 7.99. The highest BCUT2D eigenvalue weighted by Crippen LogP contribution is 2.36. The number of benzene rings is 1. The molecule has 0 aliphatic carbocycles. The second kappa shape index (κ2) is 4.60. The van der Waals surface area contributed by atoms with Gasteiger partial charge >= 0.3 is 6.09 Å². The number of cyclic esters (lactones) is 1. The first-order valence-electron chi connectivity index (χ1n) is 5.05. The van der Waals surface area contributed by atoms with Crippen molar-refractivity contribution in [2.24, 2.45) is 0 Å². The molecule has 0 N–H and O–H groups in total. The number of rotatable bonds is 2. The number of alkyl halides is 2. The van der Waals surface area contributed by atoms with Gasteiger partial charge in [-0.3, -0.25) is 4.90 Å². The first kappa shape index (κ1) is 12.3. The highest BCUT2D eigenvalue weighted by molar-refractivity contribution is 9.10. The Bertz CT molecular complexity index is 453. The molecular weight excluding hydrogens is 296 g/mol. The first-order valence-corrected chi connectivity index (χ1v) is 5.84. The van der Waals surface area contributed by atoms with Gasteiger partial charge in [-0.05, 0) is 25.1 Å². The molecule has 1 unspecified atom stereocenters. The summed E-state index contributed by atoms with van der Waals surface area (Å²) in [6.45, 7) is 1.06. The Labute approximate surface area is 105 Å². The lowest BCUT2D eigenvalue weighted by Gasteiger charge is -2.32. The van der Waals surface area contributed by atoms with E-state index in [1.807, 2.05) is 0 Å². The topological polar surface area (TPSA) is 29.5 Å². The summed E-state index contributed by atoms with van der Waals surface area (Å²) >= 11 is 3.30. The third-order valence-corrected chi connectivity index (χ3v) is 3.03. The van der Waals surface area contributed by atoms with E-state index in [0.29, 0.717) is 5.69 Å². The molecule has 0 spiro atoms. The lowest BCUT2D eigenvalue weighted by Crippen LogP contribution is -2.40. The molecule has 2 rings (SSSR count). The van der Waals surface area contributed by atoms with Crippen LogP contribution in [0.5, 0.6) is 0 Å². The quantitative estimate of drug-likeness (QED) is 0.833. The number of ether oxygens (including phenoxy) is 1. The lowest BCUT2D eigenvalue weighted by atomic mass is 10.1. The third-order valence-electron chi connectivity index (χ3n) is 2.54. The third kappa shape index (κ3) is 2.41. The van der Waals surface area contributed by atoms with Gasteiger partial charge in [0.1, 0.15) is 6.10 Å². The van der Waals surface area contributed by atoms with Crippen molar-refractivity contribution in [3.8, 4) is 0 Å². The van der Waals surface area contributed by atoms with Gasteiger partial charge in [-0.15, -0.1) is 0 Å². The van der Waals surface area contributed by atoms with Crippen molar-refractivity contribution in [2.75, 3.05) is 11.4 Å². The van der Waals surface area contributed by atoms with Crippen molar-refractivity contribution in [2.45, 2.75) is 19.5 Å². The van der Waals surface area contributed by atoms with Gasteiger partial charge in [-0.1, -0.05) is 15.9 Å². The molecule has 1 heterocycles. The number of anilines is 1. The molecule has 92 valence electrons. The second-order valence-electron chi connectivity index (χ2n) is 3.73. The SMILES string of the molecule is CC1OC(=O)N(CC(F)F)c2ccc(Br)cc21. The molecule has 0 saturated carbocycles. The number of hydrogen-bond acceptors (Lipinski definition) is 2.